The van der Waals surface area contributed by atoms with E-state index in [9.17, 15) is 4.79 Å². The number of nitrogens with zero attached hydrogens (tertiary/aromatic N) is 3. The van der Waals surface area contributed by atoms with Crippen molar-refractivity contribution in [3.05, 3.63) is 95.5 Å². The molecule has 4 nitrogen and oxygen atoms in total. The summed E-state index contributed by atoms with van der Waals surface area (Å²) in [5.74, 6) is 0.490. The third-order valence-corrected chi connectivity index (χ3v) is 4.75. The molecule has 1 fully saturated rings. The lowest BCUT2D eigenvalue weighted by Gasteiger charge is -2.15. The minimum Gasteiger partial charge on any atom is -0.268 e. The van der Waals surface area contributed by atoms with Crippen molar-refractivity contribution in [3.63, 3.8) is 0 Å². The van der Waals surface area contributed by atoms with Gasteiger partial charge in [0.1, 0.15) is 0 Å². The Kier molecular flexibility index (Phi) is 4.62. The number of anilines is 1. The lowest BCUT2D eigenvalue weighted by Crippen LogP contribution is -2.28. The van der Waals surface area contributed by atoms with E-state index in [4.69, 9.17) is 0 Å². The monoisotopic (exact) mass is 357 g/mol. The van der Waals surface area contributed by atoms with Crippen LogP contribution in [-0.4, -0.2) is 16.1 Å². The van der Waals surface area contributed by atoms with E-state index < -0.39 is 0 Å². The average Bonchev–Trinajstić information content (AvgIpc) is 2.99. The van der Waals surface area contributed by atoms with Crippen LogP contribution in [-0.2, 0) is 4.79 Å². The summed E-state index contributed by atoms with van der Waals surface area (Å²) in [7, 11) is 0. The van der Waals surface area contributed by atoms with Crippen molar-refractivity contribution >= 4 is 40.4 Å². The number of hydrogen-bond acceptors (Lipinski definition) is 4. The Morgan fingerprint density at radius 3 is 2.27 bits per heavy atom. The van der Waals surface area contributed by atoms with Crippen molar-refractivity contribution < 1.29 is 4.79 Å². The molecule has 1 amide bonds. The first-order valence-corrected chi connectivity index (χ1v) is 8.97. The maximum Gasteiger partial charge on any atom is 0.271 e. The van der Waals surface area contributed by atoms with Gasteiger partial charge in [0.2, 0.25) is 0 Å². The fourth-order valence-electron chi connectivity index (χ4n) is 2.57. The summed E-state index contributed by atoms with van der Waals surface area (Å²) in [6.45, 7) is 0. The Bertz CT molecular complexity index is 970. The highest BCUT2D eigenvalue weighted by Gasteiger charge is 2.34. The molecular weight excluding hydrogens is 342 g/mol. The number of aliphatic imine (C=N–C) groups is 1. The van der Waals surface area contributed by atoms with Crippen LogP contribution >= 0.6 is 11.8 Å². The van der Waals surface area contributed by atoms with E-state index in [1.54, 1.807) is 11.1 Å². The van der Waals surface area contributed by atoms with E-state index >= 15 is 0 Å². The van der Waals surface area contributed by atoms with Crippen molar-refractivity contribution in [3.8, 4) is 0 Å². The Morgan fingerprint density at radius 2 is 1.58 bits per heavy atom. The molecule has 4 rings (SSSR count). The smallest absolute Gasteiger partial charge is 0.268 e. The maximum atomic E-state index is 13.0. The fraction of sp³-hybridized carbons (Fsp3) is 0. The molecule has 26 heavy (non-hydrogen) atoms. The number of rotatable bonds is 3. The van der Waals surface area contributed by atoms with E-state index in [0.717, 1.165) is 11.3 Å². The highest BCUT2D eigenvalue weighted by Crippen LogP contribution is 2.36. The highest BCUT2D eigenvalue weighted by atomic mass is 32.2. The number of carbonyl (C=O) groups excluding carboxylic acids is 1. The van der Waals surface area contributed by atoms with Gasteiger partial charge in [-0.3, -0.25) is 9.69 Å². The number of hydrogen-bond donors (Lipinski definition) is 0. The summed E-state index contributed by atoms with van der Waals surface area (Å²) < 4.78 is 0. The molecule has 1 aliphatic heterocycles. The molecule has 1 aromatic heterocycles. The molecule has 0 bridgehead atoms. The number of amidine groups is 1. The normalized spacial score (nSPS) is 17.2. The third-order valence-electron chi connectivity index (χ3n) is 3.78. The highest BCUT2D eigenvalue weighted by molar-refractivity contribution is 8.19. The molecule has 5 heteroatoms. The standard InChI is InChI=1S/C21H15N3OS/c25-20-18(15-16-9-3-1-4-10-16)26-21(23-19-13-7-8-14-22-19)24(20)17-11-5-2-6-12-17/h1-15H/b18-15-,23-21+. The Labute approximate surface area is 155 Å². The molecule has 0 radical (unpaired) electrons. The van der Waals surface area contributed by atoms with Crippen molar-refractivity contribution in [2.24, 2.45) is 4.99 Å². The summed E-state index contributed by atoms with van der Waals surface area (Å²) in [6, 6.07) is 24.9. The first-order chi connectivity index (χ1) is 12.8. The molecule has 0 N–H and O–H groups in total. The first-order valence-electron chi connectivity index (χ1n) is 8.15. The SMILES string of the molecule is O=C1/C(=C/c2ccccc2)S/C(=N/c2ccccn2)N1c1ccccc1. The minimum atomic E-state index is -0.0836. The van der Waals surface area contributed by atoms with Crippen molar-refractivity contribution in [1.29, 1.82) is 0 Å². The van der Waals surface area contributed by atoms with Crippen LogP contribution in [0.1, 0.15) is 5.56 Å². The molecule has 1 saturated heterocycles. The molecule has 0 saturated carbocycles. The molecule has 126 valence electrons. The fourth-order valence-corrected chi connectivity index (χ4v) is 3.56. The zero-order valence-electron chi connectivity index (χ0n) is 13.8. The average molecular weight is 357 g/mol. The quantitative estimate of drug-likeness (QED) is 0.627. The van der Waals surface area contributed by atoms with Crippen LogP contribution in [0.5, 0.6) is 0 Å². The van der Waals surface area contributed by atoms with E-state index in [1.165, 1.54) is 11.8 Å². The number of pyridine rings is 1. The molecule has 1 aliphatic rings. The number of thioether (sulfide) groups is 1. The first kappa shape index (κ1) is 16.3. The lowest BCUT2D eigenvalue weighted by molar-refractivity contribution is -0.113. The van der Waals surface area contributed by atoms with Crippen LogP contribution in [0.15, 0.2) is 95.0 Å². The number of aromatic nitrogens is 1. The molecule has 0 spiro atoms. The Balaban J connectivity index is 1.77. The summed E-state index contributed by atoms with van der Waals surface area (Å²) in [5, 5.41) is 0.599. The second kappa shape index (κ2) is 7.37. The van der Waals surface area contributed by atoms with Crippen LogP contribution in [0.4, 0.5) is 11.5 Å². The number of benzene rings is 2. The minimum absolute atomic E-state index is 0.0836. The maximum absolute atomic E-state index is 13.0. The van der Waals surface area contributed by atoms with Gasteiger partial charge in [-0.05, 0) is 47.7 Å². The van der Waals surface area contributed by atoms with E-state index in [2.05, 4.69) is 9.98 Å². The van der Waals surface area contributed by atoms with Gasteiger partial charge in [0.05, 0.1) is 10.6 Å². The molecule has 2 aromatic carbocycles. The van der Waals surface area contributed by atoms with Crippen molar-refractivity contribution in [1.82, 2.24) is 4.98 Å². The molecule has 0 unspecified atom stereocenters. The van der Waals surface area contributed by atoms with E-state index in [1.807, 2.05) is 84.9 Å². The largest absolute Gasteiger partial charge is 0.271 e. The van der Waals surface area contributed by atoms with E-state index in [-0.39, 0.29) is 5.91 Å². The second-order valence-corrected chi connectivity index (χ2v) is 6.59. The number of para-hydroxylation sites is 1. The number of amides is 1. The van der Waals surface area contributed by atoms with Crippen LogP contribution in [0.3, 0.4) is 0 Å². The van der Waals surface area contributed by atoms with Crippen LogP contribution in [0, 0.1) is 0 Å². The third kappa shape index (κ3) is 3.43. The molecule has 3 aromatic rings. The summed E-state index contributed by atoms with van der Waals surface area (Å²) in [5.41, 5.74) is 1.77. The zero-order chi connectivity index (χ0) is 17.8. The second-order valence-electron chi connectivity index (χ2n) is 5.58. The predicted molar refractivity (Wildman–Crippen MR) is 107 cm³/mol. The van der Waals surface area contributed by atoms with E-state index in [0.29, 0.717) is 15.9 Å². The summed E-state index contributed by atoms with van der Waals surface area (Å²) in [4.78, 5) is 24.2. The van der Waals surface area contributed by atoms with Crippen LogP contribution in [0.25, 0.3) is 6.08 Å². The lowest BCUT2D eigenvalue weighted by atomic mass is 10.2. The molecule has 2 heterocycles. The van der Waals surface area contributed by atoms with Gasteiger partial charge in [-0.2, -0.15) is 0 Å². The van der Waals surface area contributed by atoms with Gasteiger partial charge in [0.15, 0.2) is 11.0 Å². The zero-order valence-corrected chi connectivity index (χ0v) is 14.6. The Morgan fingerprint density at radius 1 is 0.885 bits per heavy atom. The van der Waals surface area contributed by atoms with Crippen LogP contribution < -0.4 is 4.90 Å². The van der Waals surface area contributed by atoms with Crippen molar-refractivity contribution in [2.75, 3.05) is 4.90 Å². The molecule has 0 atom stereocenters. The van der Waals surface area contributed by atoms with Gasteiger partial charge in [0, 0.05) is 6.20 Å². The Hall–Kier alpha value is -3.18. The predicted octanol–water partition coefficient (Wildman–Crippen LogP) is 4.89. The van der Waals surface area contributed by atoms with Gasteiger partial charge in [0.25, 0.3) is 5.91 Å². The van der Waals surface area contributed by atoms with Gasteiger partial charge in [-0.25, -0.2) is 9.98 Å². The van der Waals surface area contributed by atoms with Gasteiger partial charge in [-0.15, -0.1) is 0 Å². The van der Waals surface area contributed by atoms with Crippen molar-refractivity contribution in [2.45, 2.75) is 0 Å². The van der Waals surface area contributed by atoms with Gasteiger partial charge in [-0.1, -0.05) is 54.6 Å². The van der Waals surface area contributed by atoms with Gasteiger partial charge >= 0.3 is 0 Å². The molecular formula is C21H15N3OS. The van der Waals surface area contributed by atoms with Crippen LogP contribution in [0.2, 0.25) is 0 Å². The number of carbonyl (C=O) groups is 1. The topological polar surface area (TPSA) is 45.6 Å². The van der Waals surface area contributed by atoms with Gasteiger partial charge < -0.3 is 0 Å². The summed E-state index contributed by atoms with van der Waals surface area (Å²) in [6.07, 6.45) is 3.58. The molecule has 0 aliphatic carbocycles. The summed E-state index contributed by atoms with van der Waals surface area (Å²) >= 11 is 1.36.